The van der Waals surface area contributed by atoms with Crippen molar-refractivity contribution in [3.8, 4) is 22.8 Å². The summed E-state index contributed by atoms with van der Waals surface area (Å²) in [5.41, 5.74) is 5.01. The van der Waals surface area contributed by atoms with Gasteiger partial charge in [-0.25, -0.2) is 4.52 Å². The Morgan fingerprint density at radius 1 is 1.11 bits per heavy atom. The van der Waals surface area contributed by atoms with E-state index < -0.39 is 0 Å². The van der Waals surface area contributed by atoms with Crippen molar-refractivity contribution in [3.63, 3.8) is 0 Å². The van der Waals surface area contributed by atoms with Crippen LogP contribution >= 0.6 is 0 Å². The first-order valence-corrected chi connectivity index (χ1v) is 9.72. The van der Waals surface area contributed by atoms with Crippen molar-refractivity contribution in [1.29, 1.82) is 0 Å². The summed E-state index contributed by atoms with van der Waals surface area (Å²) in [6.45, 7) is 5.37. The molecule has 0 amide bonds. The fourth-order valence-corrected chi connectivity index (χ4v) is 3.58. The topological polar surface area (TPSA) is 39.0 Å². The van der Waals surface area contributed by atoms with Crippen molar-refractivity contribution in [2.45, 2.75) is 26.7 Å². The molecule has 6 heteroatoms. The van der Waals surface area contributed by atoms with Crippen LogP contribution in [-0.2, 0) is 6.42 Å². The maximum atomic E-state index is 12.8. The zero-order valence-corrected chi connectivity index (χ0v) is 17.0. The van der Waals surface area contributed by atoms with Gasteiger partial charge in [-0.1, -0.05) is 13.0 Å². The van der Waals surface area contributed by atoms with Crippen molar-refractivity contribution < 1.29 is 13.9 Å². The Kier molecular flexibility index (Phi) is 6.39. The minimum Gasteiger partial charge on any atom is -0.497 e. The number of methoxy groups -OCH3 is 2. The summed E-state index contributed by atoms with van der Waals surface area (Å²) in [6.07, 6.45) is 1.32. The van der Waals surface area contributed by atoms with E-state index in [-0.39, 0.29) is 6.67 Å². The molecule has 0 aliphatic rings. The predicted octanol–water partition coefficient (Wildman–Crippen LogP) is 4.77. The Hall–Kier alpha value is -2.76. The van der Waals surface area contributed by atoms with Crippen molar-refractivity contribution in [2.75, 3.05) is 38.9 Å². The van der Waals surface area contributed by atoms with Crippen LogP contribution in [0, 0.1) is 0 Å². The molecule has 28 heavy (non-hydrogen) atoms. The van der Waals surface area contributed by atoms with Gasteiger partial charge in [0.15, 0.2) is 0 Å². The number of hydrogen-bond donors (Lipinski definition) is 0. The second-order valence-corrected chi connectivity index (χ2v) is 6.55. The van der Waals surface area contributed by atoms with E-state index in [0.29, 0.717) is 13.0 Å². The lowest BCUT2D eigenvalue weighted by molar-refractivity contribution is 0.395. The highest BCUT2D eigenvalue weighted by Gasteiger charge is 2.20. The molecule has 5 nitrogen and oxygen atoms in total. The number of rotatable bonds is 9. The molecule has 0 N–H and O–H groups in total. The monoisotopic (exact) mass is 385 g/mol. The maximum Gasteiger partial charge on any atom is 0.131 e. The lowest BCUT2D eigenvalue weighted by Crippen LogP contribution is -2.25. The first-order valence-electron chi connectivity index (χ1n) is 9.72. The molecule has 0 spiro atoms. The van der Waals surface area contributed by atoms with Crippen LogP contribution in [-0.4, -0.2) is 43.6 Å². The number of aromatic nitrogens is 2. The zero-order chi connectivity index (χ0) is 20.1. The Bertz CT molecular complexity index is 939. The molecular weight excluding hydrogens is 357 g/mol. The number of nitrogens with zero attached hydrogens (tertiary/aromatic N) is 3. The lowest BCUT2D eigenvalue weighted by Gasteiger charge is -2.22. The minimum atomic E-state index is -0.314. The number of aryl methyl sites for hydroxylation is 1. The van der Waals surface area contributed by atoms with E-state index in [0.717, 1.165) is 52.6 Å². The van der Waals surface area contributed by atoms with Gasteiger partial charge in [-0.2, -0.15) is 5.10 Å². The molecule has 2 aromatic heterocycles. The summed E-state index contributed by atoms with van der Waals surface area (Å²) in [5, 5.41) is 4.90. The molecule has 0 radical (unpaired) electrons. The van der Waals surface area contributed by atoms with Crippen molar-refractivity contribution in [2.24, 2.45) is 0 Å². The van der Waals surface area contributed by atoms with Crippen molar-refractivity contribution >= 4 is 11.2 Å². The fraction of sp³-hybridized carbons (Fsp3) is 0.409. The van der Waals surface area contributed by atoms with Crippen LogP contribution in [0.25, 0.3) is 16.8 Å². The third kappa shape index (κ3) is 3.63. The first kappa shape index (κ1) is 20.0. The number of pyridine rings is 1. The molecule has 0 bridgehead atoms. The van der Waals surface area contributed by atoms with Gasteiger partial charge in [-0.3, -0.25) is 4.39 Å². The largest absolute Gasteiger partial charge is 0.497 e. The second kappa shape index (κ2) is 8.95. The number of alkyl halides is 1. The van der Waals surface area contributed by atoms with Gasteiger partial charge in [0.05, 0.1) is 43.5 Å². The van der Waals surface area contributed by atoms with Crippen LogP contribution in [0.15, 0.2) is 36.4 Å². The molecule has 0 saturated heterocycles. The summed E-state index contributed by atoms with van der Waals surface area (Å²) in [7, 11) is 3.29. The quantitative estimate of drug-likeness (QED) is 0.532. The molecule has 3 rings (SSSR count). The number of anilines is 1. The molecule has 0 atom stereocenters. The first-order chi connectivity index (χ1) is 13.7. The standard InChI is InChI=1S/C22H28FN3O2/c1-5-18-22(25(6-2)14-8-13-23)20-10-7-9-19(26(20)24-18)17-12-11-16(27-3)15-21(17)28-4/h7,9-12,15H,5-6,8,13-14H2,1-4H3. The van der Waals surface area contributed by atoms with Crippen molar-refractivity contribution in [1.82, 2.24) is 9.61 Å². The van der Waals surface area contributed by atoms with E-state index in [1.165, 1.54) is 0 Å². The van der Waals surface area contributed by atoms with Crippen molar-refractivity contribution in [3.05, 3.63) is 42.1 Å². The smallest absolute Gasteiger partial charge is 0.131 e. The van der Waals surface area contributed by atoms with E-state index in [1.807, 2.05) is 34.8 Å². The molecule has 150 valence electrons. The normalized spacial score (nSPS) is 11.0. The van der Waals surface area contributed by atoms with E-state index in [1.54, 1.807) is 14.2 Å². The summed E-state index contributed by atoms with van der Waals surface area (Å²) < 4.78 is 25.7. The molecule has 1 aromatic carbocycles. The number of fused-ring (bicyclic) bond motifs is 1. The summed E-state index contributed by atoms with van der Waals surface area (Å²) >= 11 is 0. The van der Waals surface area contributed by atoms with Crippen LogP contribution < -0.4 is 14.4 Å². The number of hydrogen-bond acceptors (Lipinski definition) is 4. The van der Waals surface area contributed by atoms with Crippen LogP contribution in [0.4, 0.5) is 10.1 Å². The van der Waals surface area contributed by atoms with E-state index in [2.05, 4.69) is 24.8 Å². The van der Waals surface area contributed by atoms with Gasteiger partial charge in [-0.15, -0.1) is 0 Å². The average Bonchev–Trinajstić information content (AvgIpc) is 3.12. The van der Waals surface area contributed by atoms with Gasteiger partial charge in [0, 0.05) is 24.7 Å². The average molecular weight is 385 g/mol. The van der Waals surface area contributed by atoms with Gasteiger partial charge in [0.2, 0.25) is 0 Å². The summed E-state index contributed by atoms with van der Waals surface area (Å²) in [6, 6.07) is 11.9. The molecule has 0 fully saturated rings. The van der Waals surface area contributed by atoms with E-state index in [9.17, 15) is 4.39 Å². The Morgan fingerprint density at radius 3 is 2.57 bits per heavy atom. The molecule has 0 saturated carbocycles. The Morgan fingerprint density at radius 2 is 1.93 bits per heavy atom. The van der Waals surface area contributed by atoms with Crippen LogP contribution in [0.1, 0.15) is 26.0 Å². The highest BCUT2D eigenvalue weighted by atomic mass is 19.1. The maximum absolute atomic E-state index is 12.8. The molecule has 2 heterocycles. The predicted molar refractivity (Wildman–Crippen MR) is 112 cm³/mol. The van der Waals surface area contributed by atoms with Gasteiger partial charge < -0.3 is 14.4 Å². The number of ether oxygens (including phenoxy) is 2. The molecule has 0 aliphatic heterocycles. The van der Waals surface area contributed by atoms with Crippen LogP contribution in [0.3, 0.4) is 0 Å². The highest BCUT2D eigenvalue weighted by molar-refractivity contribution is 5.80. The summed E-state index contributed by atoms with van der Waals surface area (Å²) in [5.74, 6) is 1.47. The molecule has 0 aliphatic carbocycles. The van der Waals surface area contributed by atoms with E-state index >= 15 is 0 Å². The fourth-order valence-electron chi connectivity index (χ4n) is 3.58. The van der Waals surface area contributed by atoms with Crippen LogP contribution in [0.5, 0.6) is 11.5 Å². The van der Waals surface area contributed by atoms with Gasteiger partial charge in [0.1, 0.15) is 11.5 Å². The van der Waals surface area contributed by atoms with Gasteiger partial charge in [-0.05, 0) is 44.0 Å². The third-order valence-corrected chi connectivity index (χ3v) is 4.98. The Labute approximate surface area is 165 Å². The highest BCUT2D eigenvalue weighted by Crippen LogP contribution is 2.36. The molecular formula is C22H28FN3O2. The zero-order valence-electron chi connectivity index (χ0n) is 17.0. The minimum absolute atomic E-state index is 0.314. The Balaban J connectivity index is 2.19. The number of halogens is 1. The third-order valence-electron chi connectivity index (χ3n) is 4.98. The van der Waals surface area contributed by atoms with E-state index in [4.69, 9.17) is 14.6 Å². The molecule has 0 unspecified atom stereocenters. The summed E-state index contributed by atoms with van der Waals surface area (Å²) in [4.78, 5) is 2.22. The second-order valence-electron chi connectivity index (χ2n) is 6.55. The van der Waals surface area contributed by atoms with Gasteiger partial charge in [0.25, 0.3) is 0 Å². The van der Waals surface area contributed by atoms with Gasteiger partial charge >= 0.3 is 0 Å². The van der Waals surface area contributed by atoms with Crippen LogP contribution in [0.2, 0.25) is 0 Å². The molecule has 3 aromatic rings. The number of benzene rings is 1. The SMILES string of the molecule is CCc1nn2c(-c3ccc(OC)cc3OC)cccc2c1N(CC)CCCF. The lowest BCUT2D eigenvalue weighted by atomic mass is 10.1.